The minimum absolute atomic E-state index is 0.0118. The van der Waals surface area contributed by atoms with E-state index >= 15 is 4.39 Å². The first-order valence-corrected chi connectivity index (χ1v) is 16.4. The van der Waals surface area contributed by atoms with Crippen LogP contribution in [0.3, 0.4) is 0 Å². The number of aromatic nitrogens is 1. The fraction of sp³-hybridized carbons (Fsp3) is 0.486. The number of aryl methyl sites for hydroxylation is 3. The number of ether oxygens (including phenoxy) is 1. The second kappa shape index (κ2) is 15.7. The Morgan fingerprint density at radius 2 is 1.71 bits per heavy atom. The number of nitrogens with one attached hydrogen (secondary N) is 1. The van der Waals surface area contributed by atoms with Gasteiger partial charge in [-0.1, -0.05) is 32.0 Å². The van der Waals surface area contributed by atoms with E-state index in [0.717, 1.165) is 27.5 Å². The van der Waals surface area contributed by atoms with E-state index in [9.17, 15) is 32.7 Å². The molecule has 1 aromatic heterocycles. The average molecular weight is 688 g/mol. The number of carboxylic acids is 1. The summed E-state index contributed by atoms with van der Waals surface area (Å²) in [5.74, 6) is -2.67. The van der Waals surface area contributed by atoms with E-state index < -0.39 is 53.5 Å². The molecule has 1 fully saturated rings. The lowest BCUT2D eigenvalue weighted by atomic mass is 9.90. The lowest BCUT2D eigenvalue weighted by Gasteiger charge is -2.39. The Morgan fingerprint density at radius 3 is 2.29 bits per heavy atom. The fourth-order valence-corrected chi connectivity index (χ4v) is 6.72. The molecule has 1 unspecified atom stereocenters. The lowest BCUT2D eigenvalue weighted by Crippen LogP contribution is -2.49. The Hall–Kier alpha value is -4.03. The average Bonchev–Trinajstić information content (AvgIpc) is 2.97. The number of methoxy groups -OCH3 is 1. The lowest BCUT2D eigenvalue weighted by molar-refractivity contribution is -0.139. The first kappa shape index (κ1) is 37.8. The quantitative estimate of drug-likeness (QED) is 0.185. The molecule has 266 valence electrons. The summed E-state index contributed by atoms with van der Waals surface area (Å²) in [5.41, 5.74) is 1.34. The van der Waals surface area contributed by atoms with Crippen molar-refractivity contribution in [3.8, 4) is 11.1 Å². The van der Waals surface area contributed by atoms with Crippen LogP contribution in [-0.2, 0) is 26.9 Å². The van der Waals surface area contributed by atoms with Gasteiger partial charge in [-0.25, -0.2) is 4.39 Å². The molecule has 4 rings (SSSR count). The molecular weight excluding hydrogens is 642 g/mol. The standard InChI is InChI=1S/C37H45F4N3O5/c1-21(2)12-31(44-19-26(29(15-32(44)45)37(39,40)41)10-11-43-17-25(18-43)20-49-6)36(48)42-30(16-33(46)47)28-14-27(13-24(5)35(28)38)34-22(3)8-7-9-23(34)4/h7-9,13-15,19,21,25,30-31H,10-12,16-18,20H2,1-6H3,(H,42,48)(H,46,47)/t30-,31?/m0/s1. The van der Waals surface area contributed by atoms with Crippen LogP contribution in [0.4, 0.5) is 17.6 Å². The second-order valence-electron chi connectivity index (χ2n) is 13.6. The molecule has 0 aliphatic carbocycles. The molecule has 0 bridgehead atoms. The highest BCUT2D eigenvalue weighted by molar-refractivity contribution is 5.82. The Morgan fingerprint density at radius 1 is 1.06 bits per heavy atom. The summed E-state index contributed by atoms with van der Waals surface area (Å²) in [4.78, 5) is 41.4. The maximum absolute atomic E-state index is 15.8. The van der Waals surface area contributed by atoms with E-state index in [0.29, 0.717) is 43.8 Å². The molecule has 0 radical (unpaired) electrons. The molecule has 0 spiro atoms. The van der Waals surface area contributed by atoms with Crippen molar-refractivity contribution in [1.29, 1.82) is 0 Å². The minimum Gasteiger partial charge on any atom is -0.481 e. The largest absolute Gasteiger partial charge is 0.481 e. The summed E-state index contributed by atoms with van der Waals surface area (Å²) in [7, 11) is 1.59. The maximum atomic E-state index is 15.8. The molecule has 2 aromatic carbocycles. The van der Waals surface area contributed by atoms with Gasteiger partial charge in [0.15, 0.2) is 0 Å². The van der Waals surface area contributed by atoms with Gasteiger partial charge in [0.2, 0.25) is 5.91 Å². The van der Waals surface area contributed by atoms with E-state index in [1.165, 1.54) is 6.07 Å². The third-order valence-corrected chi connectivity index (χ3v) is 9.06. The van der Waals surface area contributed by atoms with Crippen molar-refractivity contribution in [3.63, 3.8) is 0 Å². The molecule has 2 atom stereocenters. The number of hydrogen-bond donors (Lipinski definition) is 2. The number of nitrogens with zero attached hydrogens (tertiary/aromatic N) is 2. The summed E-state index contributed by atoms with van der Waals surface area (Å²) in [5, 5.41) is 12.5. The van der Waals surface area contributed by atoms with Crippen molar-refractivity contribution in [3.05, 3.63) is 92.1 Å². The van der Waals surface area contributed by atoms with Crippen LogP contribution < -0.4 is 10.9 Å². The number of carbonyl (C=O) groups is 2. The number of carboxylic acid groups (broad SMARTS) is 1. The molecule has 0 saturated carbocycles. The molecule has 1 aliphatic rings. The van der Waals surface area contributed by atoms with Gasteiger partial charge in [0.1, 0.15) is 11.9 Å². The van der Waals surface area contributed by atoms with Crippen molar-refractivity contribution < 1.29 is 37.0 Å². The van der Waals surface area contributed by atoms with Crippen molar-refractivity contribution in [2.24, 2.45) is 11.8 Å². The summed E-state index contributed by atoms with van der Waals surface area (Å²) in [6.45, 7) is 11.2. The van der Waals surface area contributed by atoms with Crippen molar-refractivity contribution in [2.45, 2.75) is 72.1 Å². The Kier molecular flexibility index (Phi) is 12.1. The van der Waals surface area contributed by atoms with Gasteiger partial charge in [0, 0.05) is 50.5 Å². The zero-order valence-corrected chi connectivity index (χ0v) is 28.8. The highest BCUT2D eigenvalue weighted by Gasteiger charge is 2.36. The molecular formula is C37H45F4N3O5. The molecule has 49 heavy (non-hydrogen) atoms. The predicted molar refractivity (Wildman–Crippen MR) is 179 cm³/mol. The molecule has 8 nitrogen and oxygen atoms in total. The zero-order chi connectivity index (χ0) is 36.2. The summed E-state index contributed by atoms with van der Waals surface area (Å²) < 4.78 is 64.3. The van der Waals surface area contributed by atoms with Crippen LogP contribution in [0.2, 0.25) is 0 Å². The van der Waals surface area contributed by atoms with E-state index in [1.807, 2.05) is 36.9 Å². The maximum Gasteiger partial charge on any atom is 0.416 e. The molecule has 3 aromatic rings. The number of rotatable bonds is 14. The predicted octanol–water partition coefficient (Wildman–Crippen LogP) is 6.64. The summed E-state index contributed by atoms with van der Waals surface area (Å²) in [6, 6.07) is 6.80. The van der Waals surface area contributed by atoms with Gasteiger partial charge >= 0.3 is 12.1 Å². The monoisotopic (exact) mass is 687 g/mol. The fourth-order valence-electron chi connectivity index (χ4n) is 6.72. The van der Waals surface area contributed by atoms with E-state index in [-0.39, 0.29) is 35.4 Å². The number of likely N-dealkylation sites (tertiary alicyclic amines) is 1. The zero-order valence-electron chi connectivity index (χ0n) is 28.8. The van der Waals surface area contributed by atoms with Crippen LogP contribution in [0.25, 0.3) is 11.1 Å². The van der Waals surface area contributed by atoms with Crippen LogP contribution in [0.1, 0.15) is 72.2 Å². The molecule has 1 aliphatic heterocycles. The smallest absolute Gasteiger partial charge is 0.416 e. The highest BCUT2D eigenvalue weighted by Crippen LogP contribution is 2.35. The SMILES string of the molecule is COCC1CN(CCc2cn(C(CC(C)C)C(=O)N[C@@H](CC(=O)O)c3cc(-c4c(C)cccc4C)cc(C)c3F)c(=O)cc2C(F)(F)F)C1. The number of hydrogen-bond acceptors (Lipinski definition) is 5. The first-order valence-electron chi connectivity index (χ1n) is 16.4. The van der Waals surface area contributed by atoms with Crippen molar-refractivity contribution in [2.75, 3.05) is 33.4 Å². The number of pyridine rings is 1. The van der Waals surface area contributed by atoms with Gasteiger partial charge in [-0.15, -0.1) is 0 Å². The van der Waals surface area contributed by atoms with Gasteiger partial charge in [0.25, 0.3) is 5.56 Å². The number of halogens is 4. The van der Waals surface area contributed by atoms with Crippen LogP contribution >= 0.6 is 0 Å². The van der Waals surface area contributed by atoms with Crippen LogP contribution in [0.5, 0.6) is 0 Å². The van der Waals surface area contributed by atoms with Gasteiger partial charge in [0.05, 0.1) is 24.6 Å². The van der Waals surface area contributed by atoms with E-state index in [4.69, 9.17) is 4.74 Å². The van der Waals surface area contributed by atoms with Gasteiger partial charge in [-0.05, 0) is 85.0 Å². The van der Waals surface area contributed by atoms with Crippen molar-refractivity contribution in [1.82, 2.24) is 14.8 Å². The first-order chi connectivity index (χ1) is 23.0. The Labute approximate surface area is 284 Å². The number of carbonyl (C=O) groups excluding carboxylic acids is 1. The molecule has 12 heteroatoms. The number of benzene rings is 2. The van der Waals surface area contributed by atoms with Gasteiger partial charge in [-0.3, -0.25) is 14.4 Å². The number of aliphatic carboxylic acids is 1. The van der Waals surface area contributed by atoms with Crippen molar-refractivity contribution >= 4 is 11.9 Å². The van der Waals surface area contributed by atoms with Crippen LogP contribution in [-0.4, -0.2) is 59.8 Å². The summed E-state index contributed by atoms with van der Waals surface area (Å²) >= 11 is 0. The highest BCUT2D eigenvalue weighted by atomic mass is 19.4. The van der Waals surface area contributed by atoms with E-state index in [1.54, 1.807) is 33.9 Å². The number of amides is 1. The van der Waals surface area contributed by atoms with Crippen LogP contribution in [0, 0.1) is 38.4 Å². The molecule has 2 heterocycles. The molecule has 1 amide bonds. The van der Waals surface area contributed by atoms with Crippen LogP contribution in [0.15, 0.2) is 47.4 Å². The third-order valence-electron chi connectivity index (χ3n) is 9.06. The van der Waals surface area contributed by atoms with E-state index in [2.05, 4.69) is 5.32 Å². The molecule has 1 saturated heterocycles. The Balaban J connectivity index is 1.73. The van der Waals surface area contributed by atoms with Gasteiger partial charge < -0.3 is 24.6 Å². The second-order valence-corrected chi connectivity index (χ2v) is 13.6. The van der Waals surface area contributed by atoms with Gasteiger partial charge in [-0.2, -0.15) is 13.2 Å². The normalized spacial score (nSPS) is 15.2. The molecule has 2 N–H and O–H groups in total. The Bertz CT molecular complexity index is 1710. The number of alkyl halides is 3. The minimum atomic E-state index is -4.79. The summed E-state index contributed by atoms with van der Waals surface area (Å²) in [6.07, 6.45) is -4.31. The third kappa shape index (κ3) is 9.16. The topological polar surface area (TPSA) is 101 Å².